The summed E-state index contributed by atoms with van der Waals surface area (Å²) in [5.74, 6) is 0.578. The highest BCUT2D eigenvalue weighted by molar-refractivity contribution is 14.1. The van der Waals surface area contributed by atoms with E-state index in [9.17, 15) is 4.39 Å². The second kappa shape index (κ2) is 5.05. The minimum absolute atomic E-state index is 0.180. The summed E-state index contributed by atoms with van der Waals surface area (Å²) in [5.41, 5.74) is 0. The van der Waals surface area contributed by atoms with Gasteiger partial charge >= 0.3 is 0 Å². The summed E-state index contributed by atoms with van der Waals surface area (Å²) in [5, 5.41) is 0. The molecule has 0 atom stereocenters. The highest BCUT2D eigenvalue weighted by Crippen LogP contribution is 2.32. The van der Waals surface area contributed by atoms with Gasteiger partial charge in [0, 0.05) is 0 Å². The Morgan fingerprint density at radius 3 is 2.77 bits per heavy atom. The second-order valence-corrected chi connectivity index (χ2v) is 4.22. The van der Waals surface area contributed by atoms with Crippen molar-refractivity contribution in [2.24, 2.45) is 0 Å². The molecule has 0 amide bonds. The Balaban J connectivity index is 3.11. The van der Waals surface area contributed by atoms with Crippen LogP contribution >= 0.6 is 34.4 Å². The van der Waals surface area contributed by atoms with Gasteiger partial charge in [0.15, 0.2) is 0 Å². The van der Waals surface area contributed by atoms with Crippen LogP contribution < -0.4 is 4.74 Å². The van der Waals surface area contributed by atoms with Gasteiger partial charge in [-0.25, -0.2) is 4.39 Å². The van der Waals surface area contributed by atoms with E-state index in [0.717, 1.165) is 9.32 Å². The minimum Gasteiger partial charge on any atom is -0.493 e. The van der Waals surface area contributed by atoms with Crippen LogP contribution in [0.3, 0.4) is 0 Å². The molecule has 0 N–H and O–H groups in total. The molecule has 1 rings (SSSR count). The Kier molecular flexibility index (Phi) is 4.31. The second-order valence-electron chi connectivity index (χ2n) is 2.33. The van der Waals surface area contributed by atoms with Gasteiger partial charge in [0.05, 0.1) is 15.1 Å². The lowest BCUT2D eigenvalue weighted by molar-refractivity contribution is 0.335. The van der Waals surface area contributed by atoms with Crippen molar-refractivity contribution >= 4 is 34.4 Å². The van der Waals surface area contributed by atoms with Crippen molar-refractivity contribution in [3.05, 3.63) is 21.5 Å². The quantitative estimate of drug-likeness (QED) is 0.623. The van der Waals surface area contributed by atoms with Gasteiger partial charge in [-0.1, -0.05) is 0 Å². The summed E-state index contributed by atoms with van der Waals surface area (Å²) >= 11 is 3.50. The highest BCUT2D eigenvalue weighted by Gasteiger charge is 2.10. The summed E-state index contributed by atoms with van der Waals surface area (Å²) in [7, 11) is 0. The van der Waals surface area contributed by atoms with Crippen molar-refractivity contribution in [1.82, 2.24) is 0 Å². The van der Waals surface area contributed by atoms with E-state index < -0.39 is 0 Å². The zero-order valence-electron chi connectivity index (χ0n) is 7.43. The maximum atomic E-state index is 13.2. The molecule has 0 saturated heterocycles. The molecule has 0 spiro atoms. The van der Waals surface area contributed by atoms with Crippen LogP contribution in [-0.4, -0.2) is 12.9 Å². The van der Waals surface area contributed by atoms with Crippen molar-refractivity contribution in [3.8, 4) is 5.75 Å². The minimum atomic E-state index is -0.180. The molecule has 13 heavy (non-hydrogen) atoms. The fraction of sp³-hybridized carbons (Fsp3) is 0.333. The van der Waals surface area contributed by atoms with Crippen LogP contribution in [0.15, 0.2) is 17.0 Å². The maximum Gasteiger partial charge on any atom is 0.138 e. The SMILES string of the molecule is CCOc1ccc(F)c(SC)c1I. The molecular weight excluding hydrogens is 302 g/mol. The van der Waals surface area contributed by atoms with Crippen molar-refractivity contribution in [3.63, 3.8) is 0 Å². The molecule has 0 heterocycles. The van der Waals surface area contributed by atoms with E-state index in [1.54, 1.807) is 6.07 Å². The molecule has 1 aromatic rings. The van der Waals surface area contributed by atoms with E-state index in [2.05, 4.69) is 22.6 Å². The molecule has 4 heteroatoms. The van der Waals surface area contributed by atoms with Gasteiger partial charge in [-0.15, -0.1) is 11.8 Å². The molecule has 0 aliphatic carbocycles. The molecular formula is C9H10FIOS. The standard InChI is InChI=1S/C9H10FIOS/c1-3-12-7-5-4-6(10)9(13-2)8(7)11/h4-5H,3H2,1-2H3. The summed E-state index contributed by atoms with van der Waals surface area (Å²) in [4.78, 5) is 0.659. The van der Waals surface area contributed by atoms with Gasteiger partial charge in [0.25, 0.3) is 0 Å². The first-order valence-corrected chi connectivity index (χ1v) is 6.15. The van der Waals surface area contributed by atoms with Crippen LogP contribution in [0.25, 0.3) is 0 Å². The fourth-order valence-corrected chi connectivity index (χ4v) is 2.77. The Hall–Kier alpha value is 0.0300. The largest absolute Gasteiger partial charge is 0.493 e. The zero-order chi connectivity index (χ0) is 9.84. The topological polar surface area (TPSA) is 9.23 Å². The normalized spacial score (nSPS) is 10.2. The molecule has 72 valence electrons. The number of ether oxygens (including phenoxy) is 1. The van der Waals surface area contributed by atoms with Gasteiger partial charge < -0.3 is 4.74 Å². The summed E-state index contributed by atoms with van der Waals surface area (Å²) < 4.78 is 19.4. The molecule has 0 aromatic heterocycles. The molecule has 0 bridgehead atoms. The van der Waals surface area contributed by atoms with Gasteiger partial charge in [0.2, 0.25) is 0 Å². The number of hydrogen-bond acceptors (Lipinski definition) is 2. The van der Waals surface area contributed by atoms with Gasteiger partial charge in [0.1, 0.15) is 11.6 Å². The van der Waals surface area contributed by atoms with E-state index in [1.807, 2.05) is 13.2 Å². The summed E-state index contributed by atoms with van der Waals surface area (Å²) in [6.07, 6.45) is 1.86. The molecule has 0 saturated carbocycles. The van der Waals surface area contributed by atoms with Crippen LogP contribution in [0, 0.1) is 9.39 Å². The third-order valence-corrected chi connectivity index (χ3v) is 3.76. The van der Waals surface area contributed by atoms with Gasteiger partial charge in [-0.2, -0.15) is 0 Å². The molecule has 0 fully saturated rings. The van der Waals surface area contributed by atoms with E-state index in [1.165, 1.54) is 17.8 Å². The smallest absolute Gasteiger partial charge is 0.138 e. The number of hydrogen-bond donors (Lipinski definition) is 0. The van der Waals surface area contributed by atoms with Gasteiger partial charge in [-0.05, 0) is 47.9 Å². The molecule has 1 aromatic carbocycles. The predicted octanol–water partition coefficient (Wildman–Crippen LogP) is 3.55. The molecule has 0 aliphatic heterocycles. The Morgan fingerprint density at radius 2 is 2.23 bits per heavy atom. The number of thioether (sulfide) groups is 1. The highest BCUT2D eigenvalue weighted by atomic mass is 127. The van der Waals surface area contributed by atoms with E-state index in [-0.39, 0.29) is 5.82 Å². The Bertz CT molecular complexity index is 304. The van der Waals surface area contributed by atoms with Crippen LogP contribution in [0.5, 0.6) is 5.75 Å². The van der Waals surface area contributed by atoms with Crippen molar-refractivity contribution in [2.45, 2.75) is 11.8 Å². The maximum absolute atomic E-state index is 13.2. The van der Waals surface area contributed by atoms with E-state index in [0.29, 0.717) is 11.5 Å². The van der Waals surface area contributed by atoms with Crippen LogP contribution in [0.4, 0.5) is 4.39 Å². The fourth-order valence-electron chi connectivity index (χ4n) is 0.969. The van der Waals surface area contributed by atoms with E-state index in [4.69, 9.17) is 4.74 Å². The molecule has 0 unspecified atom stereocenters. The third kappa shape index (κ3) is 2.49. The van der Waals surface area contributed by atoms with Gasteiger partial charge in [-0.3, -0.25) is 0 Å². The predicted molar refractivity (Wildman–Crippen MR) is 62.1 cm³/mol. The first kappa shape index (κ1) is 11.1. The third-order valence-electron chi connectivity index (χ3n) is 1.52. The number of halogens is 2. The Labute approximate surface area is 95.2 Å². The monoisotopic (exact) mass is 312 g/mol. The van der Waals surface area contributed by atoms with E-state index >= 15 is 0 Å². The van der Waals surface area contributed by atoms with Crippen molar-refractivity contribution in [1.29, 1.82) is 0 Å². The van der Waals surface area contributed by atoms with Crippen LogP contribution in [-0.2, 0) is 0 Å². The lowest BCUT2D eigenvalue weighted by Gasteiger charge is -2.09. The summed E-state index contributed by atoms with van der Waals surface area (Å²) in [6.45, 7) is 2.52. The number of benzene rings is 1. The zero-order valence-corrected chi connectivity index (χ0v) is 10.4. The first-order chi connectivity index (χ1) is 6.20. The van der Waals surface area contributed by atoms with Crippen LogP contribution in [0.1, 0.15) is 6.92 Å². The van der Waals surface area contributed by atoms with Crippen molar-refractivity contribution < 1.29 is 9.13 Å². The average Bonchev–Trinajstić information content (AvgIpc) is 2.11. The molecule has 0 aliphatic rings. The lowest BCUT2D eigenvalue weighted by Crippen LogP contribution is -1.96. The van der Waals surface area contributed by atoms with Crippen molar-refractivity contribution in [2.75, 3.05) is 12.9 Å². The molecule has 0 radical (unpaired) electrons. The summed E-state index contributed by atoms with van der Waals surface area (Å²) in [6, 6.07) is 3.11. The Morgan fingerprint density at radius 1 is 1.54 bits per heavy atom. The average molecular weight is 312 g/mol. The first-order valence-electron chi connectivity index (χ1n) is 3.85. The molecule has 1 nitrogen and oxygen atoms in total. The number of rotatable bonds is 3. The lowest BCUT2D eigenvalue weighted by atomic mass is 10.3. The van der Waals surface area contributed by atoms with Crippen LogP contribution in [0.2, 0.25) is 0 Å².